The normalized spacial score (nSPS) is 30.6. The molecule has 2 rings (SSSR count). The topological polar surface area (TPSA) is 34.1 Å². The van der Waals surface area contributed by atoms with Gasteiger partial charge in [0.1, 0.15) is 11.6 Å². The van der Waals surface area contributed by atoms with Gasteiger partial charge in [0, 0.05) is 27.5 Å². The zero-order chi connectivity index (χ0) is 12.0. The van der Waals surface area contributed by atoms with Crippen LogP contribution in [0.3, 0.4) is 0 Å². The standard InChI is InChI=1S/2C7H12O.2H2/c2*1-6-4-2-3-5-7(6)8;;/h2*6H,2-5H2,1H3;2*1H/i;;2*1+2. The molecule has 2 aliphatic rings. The van der Waals surface area contributed by atoms with E-state index in [1.54, 1.807) is 0 Å². The van der Waals surface area contributed by atoms with E-state index in [0.29, 0.717) is 23.4 Å². The largest absolute Gasteiger partial charge is 0.299 e. The van der Waals surface area contributed by atoms with Crippen LogP contribution in [0, 0.1) is 11.8 Å². The molecule has 96 valence electrons. The summed E-state index contributed by atoms with van der Waals surface area (Å²) in [5, 5.41) is 0. The molecule has 0 aromatic rings. The first-order valence-electron chi connectivity index (χ1n) is 6.66. The number of ketones is 2. The zero-order valence-electron chi connectivity index (χ0n) is 10.6. The van der Waals surface area contributed by atoms with Gasteiger partial charge in [0.2, 0.25) is 0 Å². The molecule has 16 heavy (non-hydrogen) atoms. The van der Waals surface area contributed by atoms with E-state index in [0.717, 1.165) is 38.5 Å². The molecule has 2 unspecified atom stereocenters. The predicted molar refractivity (Wildman–Crippen MR) is 69.5 cm³/mol. The fourth-order valence-electron chi connectivity index (χ4n) is 2.31. The summed E-state index contributed by atoms with van der Waals surface area (Å²) >= 11 is 0. The van der Waals surface area contributed by atoms with Crippen LogP contribution >= 0.6 is 0 Å². The highest BCUT2D eigenvalue weighted by atomic mass is 16.1. The molecule has 0 amide bonds. The third-order valence-corrected chi connectivity index (χ3v) is 3.72. The average molecular weight is 232 g/mol. The summed E-state index contributed by atoms with van der Waals surface area (Å²) < 4.78 is 0. The van der Waals surface area contributed by atoms with Crippen molar-refractivity contribution in [2.24, 2.45) is 11.8 Å². The quantitative estimate of drug-likeness (QED) is 0.632. The third kappa shape index (κ3) is 4.46. The molecule has 2 aliphatic carbocycles. The van der Waals surface area contributed by atoms with Crippen molar-refractivity contribution in [3.63, 3.8) is 0 Å². The minimum atomic E-state index is 0. The van der Waals surface area contributed by atoms with Crippen LogP contribution in [0.5, 0.6) is 0 Å². The second-order valence-corrected chi connectivity index (χ2v) is 5.23. The fourth-order valence-corrected chi connectivity index (χ4v) is 2.31. The Labute approximate surface area is 102 Å². The third-order valence-electron chi connectivity index (χ3n) is 3.72. The maximum absolute atomic E-state index is 10.8. The van der Waals surface area contributed by atoms with E-state index in [1.165, 1.54) is 12.8 Å². The van der Waals surface area contributed by atoms with Crippen molar-refractivity contribution in [3.05, 3.63) is 0 Å². The Morgan fingerprint density at radius 1 is 0.812 bits per heavy atom. The van der Waals surface area contributed by atoms with Crippen LogP contribution in [0.25, 0.3) is 0 Å². The van der Waals surface area contributed by atoms with Gasteiger partial charge < -0.3 is 0 Å². The van der Waals surface area contributed by atoms with Crippen LogP contribution in [0.15, 0.2) is 0 Å². The van der Waals surface area contributed by atoms with E-state index >= 15 is 0 Å². The van der Waals surface area contributed by atoms with E-state index in [9.17, 15) is 9.59 Å². The molecule has 0 N–H and O–H groups in total. The van der Waals surface area contributed by atoms with Crippen molar-refractivity contribution in [1.29, 1.82) is 0 Å². The molecule has 0 heterocycles. The molecule has 0 aromatic carbocycles. The predicted octanol–water partition coefficient (Wildman–Crippen LogP) is 4.02. The Balaban J connectivity index is 0. The average Bonchev–Trinajstić information content (AvgIpc) is 2.28. The van der Waals surface area contributed by atoms with Gasteiger partial charge in [-0.15, -0.1) is 0 Å². The van der Waals surface area contributed by atoms with Crippen LogP contribution in [0.1, 0.15) is 68.1 Å². The summed E-state index contributed by atoms with van der Waals surface area (Å²) in [6.07, 6.45) is 8.69. The summed E-state index contributed by atoms with van der Waals surface area (Å²) in [6.45, 7) is 4.06. The monoisotopic (exact) mass is 232 g/mol. The van der Waals surface area contributed by atoms with Crippen LogP contribution in [0.4, 0.5) is 0 Å². The highest BCUT2D eigenvalue weighted by molar-refractivity contribution is 5.81. The summed E-state index contributed by atoms with van der Waals surface area (Å²) in [5.41, 5.74) is 0. The SMILES string of the molecule is CC1CCCCC1=O.CC1CCCCC1=O.[3HH].[3HH]. The number of carbonyl (C=O) groups is 2. The lowest BCUT2D eigenvalue weighted by atomic mass is 9.90. The molecule has 2 saturated carbocycles. The van der Waals surface area contributed by atoms with Crippen LogP contribution in [-0.4, -0.2) is 11.6 Å². The number of hydrogen-bond donors (Lipinski definition) is 0. The van der Waals surface area contributed by atoms with Crippen molar-refractivity contribution >= 4 is 11.6 Å². The van der Waals surface area contributed by atoms with Gasteiger partial charge in [-0.2, -0.15) is 0 Å². The molecule has 2 nitrogen and oxygen atoms in total. The maximum Gasteiger partial charge on any atom is 0.135 e. The molecule has 2 atom stereocenters. The Morgan fingerprint density at radius 2 is 1.19 bits per heavy atom. The second-order valence-electron chi connectivity index (χ2n) is 5.23. The van der Waals surface area contributed by atoms with Gasteiger partial charge in [-0.25, -0.2) is 0 Å². The van der Waals surface area contributed by atoms with Gasteiger partial charge in [0.05, 0.1) is 0 Å². The van der Waals surface area contributed by atoms with Gasteiger partial charge in [-0.3, -0.25) is 9.59 Å². The summed E-state index contributed by atoms with van der Waals surface area (Å²) in [5.74, 6) is 1.67. The van der Waals surface area contributed by atoms with Gasteiger partial charge in [0.25, 0.3) is 0 Å². The highest BCUT2D eigenvalue weighted by Gasteiger charge is 2.16. The molecular weight excluding hydrogens is 200 g/mol. The van der Waals surface area contributed by atoms with Crippen LogP contribution in [-0.2, 0) is 9.59 Å². The molecule has 0 saturated heterocycles. The molecule has 0 bridgehead atoms. The first kappa shape index (κ1) is 13.4. The van der Waals surface area contributed by atoms with E-state index in [2.05, 4.69) is 0 Å². The van der Waals surface area contributed by atoms with E-state index < -0.39 is 0 Å². The Bertz CT molecular complexity index is 228. The molecule has 2 fully saturated rings. The number of carbonyl (C=O) groups excluding carboxylic acids is 2. The van der Waals surface area contributed by atoms with Crippen LogP contribution in [0.2, 0.25) is 0 Å². The molecule has 0 aliphatic heterocycles. The Morgan fingerprint density at radius 3 is 1.38 bits per heavy atom. The van der Waals surface area contributed by atoms with E-state index in [-0.39, 0.29) is 2.85 Å². The smallest absolute Gasteiger partial charge is 0.135 e. The van der Waals surface area contributed by atoms with Gasteiger partial charge in [-0.1, -0.05) is 26.7 Å². The van der Waals surface area contributed by atoms with Crippen LogP contribution < -0.4 is 0 Å². The van der Waals surface area contributed by atoms with Gasteiger partial charge in [0.15, 0.2) is 0 Å². The molecular formula is C14H28O2. The maximum atomic E-state index is 10.8. The highest BCUT2D eigenvalue weighted by Crippen LogP contribution is 2.19. The Kier molecular flexibility index (Phi) is 5.72. The molecule has 2 heteroatoms. The van der Waals surface area contributed by atoms with Crippen molar-refractivity contribution in [2.45, 2.75) is 65.2 Å². The van der Waals surface area contributed by atoms with Crippen molar-refractivity contribution in [1.82, 2.24) is 0 Å². The second kappa shape index (κ2) is 6.82. The van der Waals surface area contributed by atoms with Crippen molar-refractivity contribution < 1.29 is 12.4 Å². The van der Waals surface area contributed by atoms with Crippen molar-refractivity contribution in [3.8, 4) is 0 Å². The van der Waals surface area contributed by atoms with E-state index in [1.807, 2.05) is 13.8 Å². The first-order chi connectivity index (χ1) is 7.61. The number of hydrogen-bond acceptors (Lipinski definition) is 2. The van der Waals surface area contributed by atoms with Gasteiger partial charge in [-0.05, 0) is 25.7 Å². The minimum absolute atomic E-state index is 0. The van der Waals surface area contributed by atoms with Gasteiger partial charge >= 0.3 is 0 Å². The molecule has 0 spiro atoms. The lowest BCUT2D eigenvalue weighted by Crippen LogP contribution is -2.14. The molecule has 0 aromatic heterocycles. The summed E-state index contributed by atoms with van der Waals surface area (Å²) in [6, 6.07) is 0. The lowest BCUT2D eigenvalue weighted by molar-refractivity contribution is -0.124. The van der Waals surface area contributed by atoms with Crippen molar-refractivity contribution in [2.75, 3.05) is 0 Å². The fraction of sp³-hybridized carbons (Fsp3) is 0.857. The number of Topliss-reactive ketones (excluding diaryl/α,β-unsaturated/α-hetero) is 2. The molecule has 0 radical (unpaired) electrons. The minimum Gasteiger partial charge on any atom is -0.299 e. The summed E-state index contributed by atoms with van der Waals surface area (Å²) in [7, 11) is 0. The lowest BCUT2D eigenvalue weighted by Gasteiger charge is -2.14. The first-order valence-corrected chi connectivity index (χ1v) is 6.66. The zero-order valence-corrected chi connectivity index (χ0v) is 10.6. The summed E-state index contributed by atoms with van der Waals surface area (Å²) in [4.78, 5) is 21.6. The number of rotatable bonds is 0. The Hall–Kier alpha value is -0.660. The van der Waals surface area contributed by atoms with E-state index in [4.69, 9.17) is 0 Å².